The van der Waals surface area contributed by atoms with E-state index < -0.39 is 18.4 Å². The number of terminal acetylenes is 2. The van der Waals surface area contributed by atoms with Gasteiger partial charge in [-0.25, -0.2) is 0 Å². The van der Waals surface area contributed by atoms with E-state index in [2.05, 4.69) is 21.7 Å². The zero-order chi connectivity index (χ0) is 7.33. The second kappa shape index (κ2) is 3.85. The molecule has 0 amide bonds. The molecule has 0 atom stereocenters. The van der Waals surface area contributed by atoms with Crippen molar-refractivity contribution in [1.82, 2.24) is 0 Å². The molecular weight excluding hydrogens is 215 g/mol. The number of hydrogen-bond acceptors (Lipinski definition) is 0. The van der Waals surface area contributed by atoms with E-state index in [9.17, 15) is 0 Å². The first-order valence-corrected chi connectivity index (χ1v) is 10.1. The molecule has 0 aromatic carbocycles. The van der Waals surface area contributed by atoms with Gasteiger partial charge in [0.1, 0.15) is 0 Å². The van der Waals surface area contributed by atoms with Crippen LogP contribution in [0, 0.1) is 20.7 Å². The van der Waals surface area contributed by atoms with E-state index >= 15 is 0 Å². The van der Waals surface area contributed by atoms with Gasteiger partial charge < -0.3 is 0 Å². The molecule has 0 fully saturated rings. The van der Waals surface area contributed by atoms with E-state index in [-0.39, 0.29) is 0 Å². The van der Waals surface area contributed by atoms with Gasteiger partial charge in [0.05, 0.1) is 0 Å². The molecule has 48 valence electrons. The van der Waals surface area contributed by atoms with Crippen molar-refractivity contribution in [2.75, 3.05) is 0 Å². The molecule has 0 rings (SSSR count). The van der Waals surface area contributed by atoms with Gasteiger partial charge in [0, 0.05) is 0 Å². The van der Waals surface area contributed by atoms with Crippen molar-refractivity contribution in [3.8, 4) is 20.7 Å². The Labute approximate surface area is 61.9 Å². The predicted molar refractivity (Wildman–Crippen MR) is 44.4 cm³/mol. The molecule has 0 saturated heterocycles. The van der Waals surface area contributed by atoms with E-state index in [1.807, 2.05) is 0 Å². The van der Waals surface area contributed by atoms with Crippen LogP contribution in [0.3, 0.4) is 0 Å². The molecule has 0 aliphatic carbocycles. The summed E-state index contributed by atoms with van der Waals surface area (Å²) >= 11 is -2.33. The summed E-state index contributed by atoms with van der Waals surface area (Å²) in [5.41, 5.74) is 0. The molecule has 0 heterocycles. The molecule has 0 spiro atoms. The van der Waals surface area contributed by atoms with Crippen molar-refractivity contribution < 1.29 is 0 Å². The van der Waals surface area contributed by atoms with Crippen LogP contribution in [0.15, 0.2) is 0 Å². The van der Waals surface area contributed by atoms with Crippen molar-refractivity contribution >= 4 is 18.4 Å². The maximum atomic E-state index is 5.34. The van der Waals surface area contributed by atoms with Gasteiger partial charge in [0.15, 0.2) is 0 Å². The van der Waals surface area contributed by atoms with E-state index in [0.29, 0.717) is 0 Å². The van der Waals surface area contributed by atoms with Crippen LogP contribution in [0.25, 0.3) is 0 Å². The molecule has 1 heteroatoms. The molecule has 0 radical (unpaired) electrons. The fourth-order valence-electron chi connectivity index (χ4n) is 0.700. The molecule has 0 nitrogen and oxygen atoms in total. The Kier molecular flexibility index (Phi) is 3.82. The predicted octanol–water partition coefficient (Wildman–Crippen LogP) is 1.82. The monoisotopic (exact) mass is 228 g/mol. The molecule has 0 aliphatic heterocycles. The Morgan fingerprint density at radius 2 is 1.44 bits per heavy atom. The Balaban J connectivity index is 4.28. The van der Waals surface area contributed by atoms with Crippen LogP contribution in [0.5, 0.6) is 0 Å². The summed E-state index contributed by atoms with van der Waals surface area (Å²) in [6.45, 7) is 4.22. The first-order valence-electron chi connectivity index (χ1n) is 3.20. The second-order valence-electron chi connectivity index (χ2n) is 2.08. The number of hydrogen-bond donors (Lipinski definition) is 0. The van der Waals surface area contributed by atoms with Crippen LogP contribution in [0.2, 0.25) is 8.87 Å². The van der Waals surface area contributed by atoms with Crippen molar-refractivity contribution in [3.05, 3.63) is 0 Å². The third kappa shape index (κ3) is 1.95. The summed E-state index contributed by atoms with van der Waals surface area (Å²) in [7, 11) is 0. The molecular formula is C8H12Sn. The standard InChI is InChI=1S/2C2H5.2C2H.Sn/c4*1-2;/h2*1H2,2H3;2*1H;. The van der Waals surface area contributed by atoms with Crippen LogP contribution in [-0.4, -0.2) is 18.4 Å². The average molecular weight is 227 g/mol. The quantitative estimate of drug-likeness (QED) is 0.498. The van der Waals surface area contributed by atoms with Gasteiger partial charge in [-0.15, -0.1) is 0 Å². The Morgan fingerprint density at radius 3 is 1.44 bits per heavy atom. The summed E-state index contributed by atoms with van der Waals surface area (Å²) in [4.78, 5) is 0. The van der Waals surface area contributed by atoms with Gasteiger partial charge >= 0.3 is 61.8 Å². The van der Waals surface area contributed by atoms with Gasteiger partial charge in [0.25, 0.3) is 0 Å². The summed E-state index contributed by atoms with van der Waals surface area (Å²) < 4.78 is 7.84. The topological polar surface area (TPSA) is 0 Å². The molecule has 0 bridgehead atoms. The SMILES string of the molecule is C#[C][Sn]([C]#C)([CH2]C)[CH2]C. The minimum atomic E-state index is -2.33. The summed E-state index contributed by atoms with van der Waals surface area (Å²) in [5, 5.41) is 0. The fourth-order valence-corrected chi connectivity index (χ4v) is 4.70. The van der Waals surface area contributed by atoms with Crippen molar-refractivity contribution in [2.24, 2.45) is 0 Å². The van der Waals surface area contributed by atoms with Crippen molar-refractivity contribution in [1.29, 1.82) is 0 Å². The molecule has 9 heavy (non-hydrogen) atoms. The van der Waals surface area contributed by atoms with Gasteiger partial charge in [-0.3, -0.25) is 0 Å². The van der Waals surface area contributed by atoms with Gasteiger partial charge in [-0.1, -0.05) is 0 Å². The van der Waals surface area contributed by atoms with Crippen LogP contribution in [0.1, 0.15) is 13.8 Å². The van der Waals surface area contributed by atoms with Crippen LogP contribution >= 0.6 is 0 Å². The first kappa shape index (κ1) is 8.92. The van der Waals surface area contributed by atoms with Crippen molar-refractivity contribution in [3.63, 3.8) is 0 Å². The summed E-state index contributed by atoms with van der Waals surface area (Å²) in [5.74, 6) is 0. The van der Waals surface area contributed by atoms with Crippen molar-refractivity contribution in [2.45, 2.75) is 22.7 Å². The van der Waals surface area contributed by atoms with Gasteiger partial charge in [0.2, 0.25) is 0 Å². The fraction of sp³-hybridized carbons (Fsp3) is 0.500. The average Bonchev–Trinajstić information content (AvgIpc) is 1.95. The van der Waals surface area contributed by atoms with Crippen LogP contribution < -0.4 is 0 Å². The zero-order valence-electron chi connectivity index (χ0n) is 6.07. The molecule has 0 aliphatic rings. The van der Waals surface area contributed by atoms with E-state index in [1.165, 1.54) is 0 Å². The minimum absolute atomic E-state index is 1.08. The van der Waals surface area contributed by atoms with Crippen LogP contribution in [-0.2, 0) is 0 Å². The molecule has 0 unspecified atom stereocenters. The van der Waals surface area contributed by atoms with Gasteiger partial charge in [-0.2, -0.15) is 0 Å². The third-order valence-corrected chi connectivity index (χ3v) is 11.8. The molecule has 0 aromatic heterocycles. The Bertz CT molecular complexity index is 136. The normalized spacial score (nSPS) is 9.78. The Hall–Kier alpha value is -0.0813. The third-order valence-electron chi connectivity index (χ3n) is 1.76. The van der Waals surface area contributed by atoms with E-state index in [1.54, 1.807) is 0 Å². The summed E-state index contributed by atoms with van der Waals surface area (Å²) in [6, 6.07) is 0. The van der Waals surface area contributed by atoms with Gasteiger partial charge in [-0.05, 0) is 0 Å². The first-order chi connectivity index (χ1) is 4.24. The van der Waals surface area contributed by atoms with Crippen LogP contribution in [0.4, 0.5) is 0 Å². The summed E-state index contributed by atoms with van der Waals surface area (Å²) in [6.07, 6.45) is 10.7. The second-order valence-corrected chi connectivity index (χ2v) is 13.9. The zero-order valence-corrected chi connectivity index (χ0v) is 8.92. The number of rotatable bonds is 2. The van der Waals surface area contributed by atoms with E-state index in [4.69, 9.17) is 12.8 Å². The molecule has 0 saturated carbocycles. The van der Waals surface area contributed by atoms with E-state index in [0.717, 1.165) is 8.87 Å². The molecule has 0 N–H and O–H groups in total. The Morgan fingerprint density at radius 1 is 1.11 bits per heavy atom. The molecule has 0 aromatic rings. The maximum absolute atomic E-state index is 5.34.